The van der Waals surface area contributed by atoms with E-state index in [1.807, 2.05) is 0 Å². The first-order chi connectivity index (χ1) is 5.25. The van der Waals surface area contributed by atoms with Gasteiger partial charge in [0, 0.05) is 6.04 Å². The van der Waals surface area contributed by atoms with Crippen LogP contribution in [0.4, 0.5) is 13.2 Å². The summed E-state index contributed by atoms with van der Waals surface area (Å²) in [6, 6.07) is -1.19. The van der Waals surface area contributed by atoms with Gasteiger partial charge >= 0.3 is 12.1 Å². The molecule has 0 saturated carbocycles. The van der Waals surface area contributed by atoms with Gasteiger partial charge in [0.25, 0.3) is 0 Å². The van der Waals surface area contributed by atoms with Gasteiger partial charge in [0.2, 0.25) is 0 Å². The van der Waals surface area contributed by atoms with E-state index in [2.05, 4.69) is 0 Å². The molecule has 0 amide bonds. The second-order valence-electron chi connectivity index (χ2n) is 2.61. The quantitative estimate of drug-likeness (QED) is 0.757. The number of halogens is 4. The molecule has 0 aromatic carbocycles. The molecule has 0 aromatic rings. The van der Waals surface area contributed by atoms with E-state index in [1.165, 1.54) is 0 Å². The number of nitrogens with two attached hydrogens (primary N) is 1. The SMILES string of the molecule is CC(N)C(CC(=O)O)C(F)(F)F.Cl. The van der Waals surface area contributed by atoms with E-state index >= 15 is 0 Å². The molecular weight excluding hydrogens is 211 g/mol. The lowest BCUT2D eigenvalue weighted by atomic mass is 9.98. The highest BCUT2D eigenvalue weighted by atomic mass is 35.5. The van der Waals surface area contributed by atoms with Gasteiger partial charge in [0.05, 0.1) is 12.3 Å². The minimum absolute atomic E-state index is 0. The Morgan fingerprint density at radius 2 is 1.92 bits per heavy atom. The van der Waals surface area contributed by atoms with Crippen LogP contribution in [-0.2, 0) is 4.79 Å². The van der Waals surface area contributed by atoms with Crippen molar-refractivity contribution in [3.05, 3.63) is 0 Å². The monoisotopic (exact) mass is 221 g/mol. The summed E-state index contributed by atoms with van der Waals surface area (Å²) in [7, 11) is 0. The first-order valence-electron chi connectivity index (χ1n) is 3.29. The topological polar surface area (TPSA) is 63.3 Å². The first kappa shape index (κ1) is 15.0. The van der Waals surface area contributed by atoms with Crippen molar-refractivity contribution in [3.8, 4) is 0 Å². The summed E-state index contributed by atoms with van der Waals surface area (Å²) >= 11 is 0. The molecule has 3 N–H and O–H groups in total. The van der Waals surface area contributed by atoms with Crippen LogP contribution in [0.1, 0.15) is 13.3 Å². The average molecular weight is 222 g/mol. The van der Waals surface area contributed by atoms with Gasteiger partial charge in [0.1, 0.15) is 0 Å². The summed E-state index contributed by atoms with van der Waals surface area (Å²) in [6.45, 7) is 1.14. The molecule has 0 radical (unpaired) electrons. The van der Waals surface area contributed by atoms with E-state index in [0.717, 1.165) is 6.92 Å². The second-order valence-corrected chi connectivity index (χ2v) is 2.61. The van der Waals surface area contributed by atoms with Crippen molar-refractivity contribution in [1.82, 2.24) is 0 Å². The van der Waals surface area contributed by atoms with Crippen molar-refractivity contribution in [3.63, 3.8) is 0 Å². The maximum absolute atomic E-state index is 12.0. The molecule has 0 aromatic heterocycles. The molecule has 0 aliphatic carbocycles. The molecule has 0 aliphatic rings. The van der Waals surface area contributed by atoms with Gasteiger partial charge in [-0.1, -0.05) is 0 Å². The Kier molecular flexibility index (Phi) is 6.10. The number of carboxylic acids is 1. The van der Waals surface area contributed by atoms with Crippen molar-refractivity contribution in [1.29, 1.82) is 0 Å². The van der Waals surface area contributed by atoms with E-state index < -0.39 is 30.5 Å². The Morgan fingerprint density at radius 1 is 1.54 bits per heavy atom. The second kappa shape index (κ2) is 5.29. The van der Waals surface area contributed by atoms with Crippen molar-refractivity contribution in [2.24, 2.45) is 11.7 Å². The summed E-state index contributed by atoms with van der Waals surface area (Å²) in [5.74, 6) is -3.45. The molecule has 0 saturated heterocycles. The highest BCUT2D eigenvalue weighted by Gasteiger charge is 2.43. The molecule has 2 unspecified atom stereocenters. The zero-order valence-corrected chi connectivity index (χ0v) is 7.65. The Labute approximate surface area is 79.5 Å². The van der Waals surface area contributed by atoms with Crippen LogP contribution in [0, 0.1) is 5.92 Å². The lowest BCUT2D eigenvalue weighted by Crippen LogP contribution is -2.39. The summed E-state index contributed by atoms with van der Waals surface area (Å²) in [5.41, 5.74) is 4.99. The van der Waals surface area contributed by atoms with Crippen LogP contribution < -0.4 is 5.73 Å². The highest BCUT2D eigenvalue weighted by Crippen LogP contribution is 2.30. The van der Waals surface area contributed by atoms with Crippen molar-refractivity contribution in [2.45, 2.75) is 25.6 Å². The van der Waals surface area contributed by atoms with E-state index in [9.17, 15) is 18.0 Å². The predicted molar refractivity (Wildman–Crippen MR) is 42.7 cm³/mol. The van der Waals surface area contributed by atoms with E-state index in [0.29, 0.717) is 0 Å². The molecule has 3 nitrogen and oxygen atoms in total. The number of carboxylic acid groups (broad SMARTS) is 1. The van der Waals surface area contributed by atoms with Crippen LogP contribution in [0.25, 0.3) is 0 Å². The Hall–Kier alpha value is -0.490. The third kappa shape index (κ3) is 5.70. The summed E-state index contributed by atoms with van der Waals surface area (Å²) in [5, 5.41) is 8.14. The lowest BCUT2D eigenvalue weighted by molar-refractivity contribution is -0.186. The number of hydrogen-bond acceptors (Lipinski definition) is 2. The molecule has 7 heteroatoms. The average Bonchev–Trinajstić information content (AvgIpc) is 1.79. The van der Waals surface area contributed by atoms with Crippen molar-refractivity contribution in [2.75, 3.05) is 0 Å². The maximum atomic E-state index is 12.0. The van der Waals surface area contributed by atoms with E-state index in [-0.39, 0.29) is 12.4 Å². The van der Waals surface area contributed by atoms with Crippen LogP contribution in [0.2, 0.25) is 0 Å². The van der Waals surface area contributed by atoms with Crippen LogP contribution >= 0.6 is 12.4 Å². The van der Waals surface area contributed by atoms with Crippen LogP contribution in [0.5, 0.6) is 0 Å². The van der Waals surface area contributed by atoms with E-state index in [4.69, 9.17) is 10.8 Å². The van der Waals surface area contributed by atoms with Gasteiger partial charge in [-0.25, -0.2) is 0 Å². The van der Waals surface area contributed by atoms with E-state index in [1.54, 1.807) is 0 Å². The fraction of sp³-hybridized carbons (Fsp3) is 0.833. The fourth-order valence-electron chi connectivity index (χ4n) is 0.788. The largest absolute Gasteiger partial charge is 0.481 e. The molecule has 0 bridgehead atoms. The molecule has 13 heavy (non-hydrogen) atoms. The van der Waals surface area contributed by atoms with Crippen LogP contribution in [0.3, 0.4) is 0 Å². The molecule has 80 valence electrons. The fourth-order valence-corrected chi connectivity index (χ4v) is 0.788. The van der Waals surface area contributed by atoms with Crippen molar-refractivity contribution < 1.29 is 23.1 Å². The van der Waals surface area contributed by atoms with Gasteiger partial charge in [-0.3, -0.25) is 4.79 Å². The van der Waals surface area contributed by atoms with Gasteiger partial charge in [-0.05, 0) is 6.92 Å². The molecule has 0 fully saturated rings. The van der Waals surface area contributed by atoms with Crippen LogP contribution in [0.15, 0.2) is 0 Å². The molecule has 0 aliphatic heterocycles. The van der Waals surface area contributed by atoms with Gasteiger partial charge in [0.15, 0.2) is 0 Å². The molecule has 0 rings (SSSR count). The smallest absolute Gasteiger partial charge is 0.393 e. The third-order valence-electron chi connectivity index (χ3n) is 1.45. The third-order valence-corrected chi connectivity index (χ3v) is 1.45. The number of hydrogen-bond donors (Lipinski definition) is 2. The number of aliphatic carboxylic acids is 1. The first-order valence-corrected chi connectivity index (χ1v) is 3.29. The molecular formula is C6H11ClF3NO2. The maximum Gasteiger partial charge on any atom is 0.393 e. The number of rotatable bonds is 3. The normalized spacial score (nSPS) is 15.8. The number of alkyl halides is 3. The molecule has 0 spiro atoms. The highest BCUT2D eigenvalue weighted by molar-refractivity contribution is 5.85. The molecule has 2 atom stereocenters. The predicted octanol–water partition coefficient (Wildman–Crippen LogP) is 1.41. The standard InChI is InChI=1S/C6H10F3NO2.ClH/c1-3(10)4(2-5(11)12)6(7,8)9;/h3-4H,2,10H2,1H3,(H,11,12);1H. The Bertz CT molecular complexity index is 172. The lowest BCUT2D eigenvalue weighted by Gasteiger charge is -2.21. The summed E-state index contributed by atoms with van der Waals surface area (Å²) in [4.78, 5) is 10.0. The Balaban J connectivity index is 0. The zero-order chi connectivity index (χ0) is 9.94. The minimum Gasteiger partial charge on any atom is -0.481 e. The zero-order valence-electron chi connectivity index (χ0n) is 6.84. The molecule has 0 heterocycles. The number of carbonyl (C=O) groups is 1. The van der Waals surface area contributed by atoms with Crippen molar-refractivity contribution >= 4 is 18.4 Å². The van der Waals surface area contributed by atoms with Gasteiger partial charge in [-0.15, -0.1) is 12.4 Å². The van der Waals surface area contributed by atoms with Gasteiger partial charge in [-0.2, -0.15) is 13.2 Å². The van der Waals surface area contributed by atoms with Gasteiger partial charge < -0.3 is 10.8 Å². The minimum atomic E-state index is -4.54. The summed E-state index contributed by atoms with van der Waals surface area (Å²) < 4.78 is 36.0. The Morgan fingerprint density at radius 3 is 2.00 bits per heavy atom. The summed E-state index contributed by atoms with van der Waals surface area (Å²) in [6.07, 6.45) is -5.51. The van der Waals surface area contributed by atoms with Crippen LogP contribution in [-0.4, -0.2) is 23.3 Å².